The molecule has 5 heteroatoms. The van der Waals surface area contributed by atoms with E-state index in [0.29, 0.717) is 24.2 Å². The molecule has 0 aromatic carbocycles. The van der Waals surface area contributed by atoms with Gasteiger partial charge in [-0.15, -0.1) is 11.6 Å². The molecule has 15 heavy (non-hydrogen) atoms. The average Bonchev–Trinajstić information content (AvgIpc) is 2.26. The number of halogens is 1. The SMILES string of the molecule is CCCOc1cncc(NC(C)CCl)n1. The molecule has 0 aliphatic heterocycles. The Bertz CT molecular complexity index is 296. The van der Waals surface area contributed by atoms with Gasteiger partial charge in [-0.2, -0.15) is 4.98 Å². The molecule has 0 aliphatic carbocycles. The Morgan fingerprint density at radius 3 is 3.00 bits per heavy atom. The van der Waals surface area contributed by atoms with Crippen molar-refractivity contribution < 1.29 is 4.74 Å². The zero-order valence-electron chi connectivity index (χ0n) is 9.03. The van der Waals surface area contributed by atoms with Gasteiger partial charge in [0.05, 0.1) is 19.0 Å². The van der Waals surface area contributed by atoms with Crippen molar-refractivity contribution in [1.82, 2.24) is 9.97 Å². The van der Waals surface area contributed by atoms with Crippen LogP contribution in [0.4, 0.5) is 5.82 Å². The number of anilines is 1. The molecule has 0 saturated carbocycles. The molecule has 1 atom stereocenters. The largest absolute Gasteiger partial charge is 0.477 e. The van der Waals surface area contributed by atoms with Crippen molar-refractivity contribution in [2.24, 2.45) is 0 Å². The fourth-order valence-corrected chi connectivity index (χ4v) is 1.06. The molecule has 0 amide bonds. The van der Waals surface area contributed by atoms with Crippen molar-refractivity contribution in [3.8, 4) is 5.88 Å². The summed E-state index contributed by atoms with van der Waals surface area (Å²) >= 11 is 5.68. The maximum atomic E-state index is 5.68. The van der Waals surface area contributed by atoms with Crippen molar-refractivity contribution in [2.75, 3.05) is 17.8 Å². The van der Waals surface area contributed by atoms with Gasteiger partial charge in [-0.25, -0.2) is 0 Å². The molecule has 84 valence electrons. The lowest BCUT2D eigenvalue weighted by Crippen LogP contribution is -2.17. The minimum Gasteiger partial charge on any atom is -0.477 e. The van der Waals surface area contributed by atoms with E-state index in [1.54, 1.807) is 12.4 Å². The number of nitrogens with zero attached hydrogens (tertiary/aromatic N) is 2. The van der Waals surface area contributed by atoms with E-state index in [1.807, 2.05) is 13.8 Å². The third kappa shape index (κ3) is 4.34. The van der Waals surface area contributed by atoms with Crippen molar-refractivity contribution in [3.63, 3.8) is 0 Å². The van der Waals surface area contributed by atoms with E-state index >= 15 is 0 Å². The van der Waals surface area contributed by atoms with Gasteiger partial charge < -0.3 is 10.1 Å². The Balaban J connectivity index is 2.57. The van der Waals surface area contributed by atoms with E-state index in [9.17, 15) is 0 Å². The monoisotopic (exact) mass is 229 g/mol. The van der Waals surface area contributed by atoms with Crippen molar-refractivity contribution >= 4 is 17.4 Å². The van der Waals surface area contributed by atoms with E-state index in [4.69, 9.17) is 16.3 Å². The first kappa shape index (κ1) is 12.0. The maximum absolute atomic E-state index is 5.68. The smallest absolute Gasteiger partial charge is 0.234 e. The zero-order chi connectivity index (χ0) is 11.1. The summed E-state index contributed by atoms with van der Waals surface area (Å²) in [6, 6.07) is 0.169. The molecule has 4 nitrogen and oxygen atoms in total. The lowest BCUT2D eigenvalue weighted by atomic mass is 10.4. The highest BCUT2D eigenvalue weighted by Crippen LogP contribution is 2.10. The van der Waals surface area contributed by atoms with E-state index in [1.165, 1.54) is 0 Å². The Hall–Kier alpha value is -1.03. The van der Waals surface area contributed by atoms with E-state index in [-0.39, 0.29) is 6.04 Å². The molecule has 0 radical (unpaired) electrons. The summed E-state index contributed by atoms with van der Waals surface area (Å²) < 4.78 is 5.36. The van der Waals surface area contributed by atoms with Crippen LogP contribution in [0.2, 0.25) is 0 Å². The molecular weight excluding hydrogens is 214 g/mol. The van der Waals surface area contributed by atoms with Crippen LogP contribution < -0.4 is 10.1 Å². The fraction of sp³-hybridized carbons (Fsp3) is 0.600. The first-order valence-corrected chi connectivity index (χ1v) is 5.57. The van der Waals surface area contributed by atoms with Crippen LogP contribution in [0.5, 0.6) is 5.88 Å². The molecular formula is C10H16ClN3O. The third-order valence-electron chi connectivity index (χ3n) is 1.69. The van der Waals surface area contributed by atoms with Gasteiger partial charge in [0.25, 0.3) is 0 Å². The van der Waals surface area contributed by atoms with Crippen LogP contribution in [-0.4, -0.2) is 28.5 Å². The summed E-state index contributed by atoms with van der Waals surface area (Å²) in [4.78, 5) is 8.28. The van der Waals surface area contributed by atoms with Crippen LogP contribution in [0, 0.1) is 0 Å². The van der Waals surface area contributed by atoms with Gasteiger partial charge >= 0.3 is 0 Å². The average molecular weight is 230 g/mol. The molecule has 0 aliphatic rings. The molecule has 1 aromatic heterocycles. The van der Waals surface area contributed by atoms with Crippen LogP contribution >= 0.6 is 11.6 Å². The van der Waals surface area contributed by atoms with Crippen molar-refractivity contribution in [1.29, 1.82) is 0 Å². The second-order valence-electron chi connectivity index (χ2n) is 3.29. The number of ether oxygens (including phenoxy) is 1. The zero-order valence-corrected chi connectivity index (χ0v) is 9.79. The standard InChI is InChI=1S/C10H16ClN3O/c1-3-4-15-10-7-12-6-9(14-10)13-8(2)5-11/h6-8H,3-5H2,1-2H3,(H,13,14). The molecule has 1 N–H and O–H groups in total. The Morgan fingerprint density at radius 1 is 1.53 bits per heavy atom. The van der Waals surface area contributed by atoms with Crippen LogP contribution in [0.15, 0.2) is 12.4 Å². The summed E-state index contributed by atoms with van der Waals surface area (Å²) in [7, 11) is 0. The lowest BCUT2D eigenvalue weighted by molar-refractivity contribution is 0.304. The second kappa shape index (κ2) is 6.45. The summed E-state index contributed by atoms with van der Waals surface area (Å²) in [5.74, 6) is 1.77. The van der Waals surface area contributed by atoms with Crippen molar-refractivity contribution in [3.05, 3.63) is 12.4 Å². The van der Waals surface area contributed by atoms with E-state index in [0.717, 1.165) is 6.42 Å². The minimum atomic E-state index is 0.169. The molecule has 0 spiro atoms. The van der Waals surface area contributed by atoms with E-state index < -0.39 is 0 Å². The predicted octanol–water partition coefficient (Wildman–Crippen LogP) is 2.30. The molecule has 0 bridgehead atoms. The second-order valence-corrected chi connectivity index (χ2v) is 3.60. The molecule has 0 saturated heterocycles. The van der Waals surface area contributed by atoms with Crippen molar-refractivity contribution in [2.45, 2.75) is 26.3 Å². The number of alkyl halides is 1. The highest BCUT2D eigenvalue weighted by atomic mass is 35.5. The first-order chi connectivity index (χ1) is 7.26. The normalized spacial score (nSPS) is 12.2. The van der Waals surface area contributed by atoms with Gasteiger partial charge in [-0.3, -0.25) is 4.98 Å². The van der Waals surface area contributed by atoms with Crippen LogP contribution in [0.1, 0.15) is 20.3 Å². The van der Waals surface area contributed by atoms with Gasteiger partial charge in [-0.05, 0) is 13.3 Å². The number of aromatic nitrogens is 2. The van der Waals surface area contributed by atoms with Gasteiger partial charge in [-0.1, -0.05) is 6.92 Å². The Kier molecular flexibility index (Phi) is 5.18. The Morgan fingerprint density at radius 2 is 2.33 bits per heavy atom. The van der Waals surface area contributed by atoms with Crippen LogP contribution in [0.25, 0.3) is 0 Å². The van der Waals surface area contributed by atoms with E-state index in [2.05, 4.69) is 15.3 Å². The molecule has 1 rings (SSSR count). The molecule has 1 aromatic rings. The van der Waals surface area contributed by atoms with Crippen LogP contribution in [0.3, 0.4) is 0 Å². The van der Waals surface area contributed by atoms with Gasteiger partial charge in [0.15, 0.2) is 0 Å². The third-order valence-corrected chi connectivity index (χ3v) is 2.16. The summed E-state index contributed by atoms with van der Waals surface area (Å²) in [5.41, 5.74) is 0. The molecule has 1 heterocycles. The Labute approximate surface area is 95.0 Å². The molecule has 0 fully saturated rings. The summed E-state index contributed by atoms with van der Waals surface area (Å²) in [6.45, 7) is 4.68. The number of hydrogen-bond acceptors (Lipinski definition) is 4. The maximum Gasteiger partial charge on any atom is 0.234 e. The highest BCUT2D eigenvalue weighted by molar-refractivity contribution is 6.18. The molecule has 1 unspecified atom stereocenters. The number of rotatable bonds is 6. The quantitative estimate of drug-likeness (QED) is 0.761. The van der Waals surface area contributed by atoms with Gasteiger partial charge in [0.1, 0.15) is 5.82 Å². The highest BCUT2D eigenvalue weighted by Gasteiger charge is 2.03. The first-order valence-electron chi connectivity index (χ1n) is 5.03. The summed E-state index contributed by atoms with van der Waals surface area (Å²) in [5, 5.41) is 3.12. The lowest BCUT2D eigenvalue weighted by Gasteiger charge is -2.11. The van der Waals surface area contributed by atoms with Crippen LogP contribution in [-0.2, 0) is 0 Å². The minimum absolute atomic E-state index is 0.169. The predicted molar refractivity (Wildman–Crippen MR) is 61.6 cm³/mol. The number of hydrogen-bond donors (Lipinski definition) is 1. The number of nitrogens with one attached hydrogen (secondary N) is 1. The van der Waals surface area contributed by atoms with Gasteiger partial charge in [0.2, 0.25) is 5.88 Å². The van der Waals surface area contributed by atoms with Gasteiger partial charge in [0, 0.05) is 11.9 Å². The summed E-state index contributed by atoms with van der Waals surface area (Å²) in [6.07, 6.45) is 4.21. The fourth-order valence-electron chi connectivity index (χ4n) is 0.985. The topological polar surface area (TPSA) is 47.0 Å².